The van der Waals surface area contributed by atoms with Gasteiger partial charge in [-0.25, -0.2) is 0 Å². The van der Waals surface area contributed by atoms with Gasteiger partial charge in [0.05, 0.1) is 29.2 Å². The first-order valence-corrected chi connectivity index (χ1v) is 11.7. The summed E-state index contributed by atoms with van der Waals surface area (Å²) in [6.07, 6.45) is 1.06. The van der Waals surface area contributed by atoms with E-state index in [1.54, 1.807) is 36.7 Å². The molecule has 0 saturated heterocycles. The number of thioether (sulfide) groups is 1. The van der Waals surface area contributed by atoms with Crippen molar-refractivity contribution in [3.8, 4) is 23.3 Å². The number of amides is 1. The summed E-state index contributed by atoms with van der Waals surface area (Å²) in [6, 6.07) is 13.1. The number of pyridine rings is 1. The largest absolute Gasteiger partial charge is 0.493 e. The first-order valence-electron chi connectivity index (χ1n) is 10.9. The number of rotatable bonds is 7. The highest BCUT2D eigenvalue weighted by Gasteiger charge is 2.35. The van der Waals surface area contributed by atoms with Crippen molar-refractivity contribution in [2.45, 2.75) is 12.6 Å². The summed E-state index contributed by atoms with van der Waals surface area (Å²) in [5.74, 6) is -0.657. The maximum Gasteiger partial charge on any atom is 0.420 e. The third kappa shape index (κ3) is 6.48. The molecule has 2 heterocycles. The predicted molar refractivity (Wildman–Crippen MR) is 133 cm³/mol. The number of carbonyl (C=O) groups is 1. The molecule has 0 bridgehead atoms. The molecule has 0 spiro atoms. The van der Waals surface area contributed by atoms with E-state index in [4.69, 9.17) is 14.7 Å². The van der Waals surface area contributed by atoms with Crippen molar-refractivity contribution in [3.05, 3.63) is 88.1 Å². The molecule has 3 aromatic rings. The van der Waals surface area contributed by atoms with Crippen LogP contribution in [-0.4, -0.2) is 29.7 Å². The Morgan fingerprint density at radius 3 is 2.54 bits per heavy atom. The van der Waals surface area contributed by atoms with Crippen LogP contribution in [0.3, 0.4) is 0 Å². The van der Waals surface area contributed by atoms with Crippen molar-refractivity contribution in [1.29, 1.82) is 5.26 Å². The second-order valence-electron chi connectivity index (χ2n) is 7.70. The highest BCUT2D eigenvalue weighted by molar-refractivity contribution is 8.18. The second-order valence-corrected chi connectivity index (χ2v) is 8.73. The molecule has 0 atom stereocenters. The molecule has 1 aromatic heterocycles. The van der Waals surface area contributed by atoms with E-state index >= 15 is 0 Å². The van der Waals surface area contributed by atoms with Crippen molar-refractivity contribution >= 4 is 28.9 Å². The Kier molecular flexibility index (Phi) is 7.79. The molecule has 1 amide bonds. The van der Waals surface area contributed by atoms with Crippen molar-refractivity contribution < 1.29 is 27.4 Å². The second kappa shape index (κ2) is 11.2. The van der Waals surface area contributed by atoms with E-state index in [-0.39, 0.29) is 17.1 Å². The number of benzene rings is 2. The number of alkyl halides is 3. The lowest BCUT2D eigenvalue weighted by molar-refractivity contribution is -0.138. The average molecular weight is 525 g/mol. The fourth-order valence-corrected chi connectivity index (χ4v) is 4.23. The molecular formula is C26H19F3N4O3S. The van der Waals surface area contributed by atoms with Gasteiger partial charge in [-0.2, -0.15) is 23.4 Å². The van der Waals surface area contributed by atoms with Gasteiger partial charge in [0.1, 0.15) is 5.75 Å². The molecule has 0 saturated carbocycles. The molecule has 1 N–H and O–H groups in total. The number of nitrogens with one attached hydrogen (secondary N) is 1. The van der Waals surface area contributed by atoms with Crippen molar-refractivity contribution in [3.63, 3.8) is 0 Å². The maximum atomic E-state index is 13.5. The van der Waals surface area contributed by atoms with Crippen LogP contribution in [0.5, 0.6) is 17.2 Å². The van der Waals surface area contributed by atoms with Crippen LogP contribution in [0.4, 0.5) is 13.2 Å². The lowest BCUT2D eigenvalue weighted by Crippen LogP contribution is -2.21. The van der Waals surface area contributed by atoms with Crippen LogP contribution in [0.25, 0.3) is 6.08 Å². The summed E-state index contributed by atoms with van der Waals surface area (Å²) in [7, 11) is 1.35. The number of nitrogens with zero attached hydrogens (tertiary/aromatic N) is 3. The maximum absolute atomic E-state index is 13.5. The van der Waals surface area contributed by atoms with E-state index in [9.17, 15) is 18.0 Å². The van der Waals surface area contributed by atoms with E-state index < -0.39 is 23.4 Å². The highest BCUT2D eigenvalue weighted by Crippen LogP contribution is 2.41. The van der Waals surface area contributed by atoms with E-state index in [0.717, 1.165) is 24.1 Å². The number of halogens is 3. The zero-order valence-corrected chi connectivity index (χ0v) is 20.2. The predicted octanol–water partition coefficient (Wildman–Crippen LogP) is 5.58. The SMILES string of the molecule is COc1cc(C=C2SC(NCCc3ccncc3)=NC2=O)ccc1Oc1ccc(C#N)cc1C(F)(F)F. The highest BCUT2D eigenvalue weighted by atomic mass is 32.2. The number of amidine groups is 1. The number of hydrogen-bond acceptors (Lipinski definition) is 7. The van der Waals surface area contributed by atoms with Gasteiger partial charge < -0.3 is 14.8 Å². The first-order chi connectivity index (χ1) is 17.8. The topological polar surface area (TPSA) is 96.6 Å². The summed E-state index contributed by atoms with van der Waals surface area (Å²) in [5.41, 5.74) is 0.463. The zero-order valence-electron chi connectivity index (χ0n) is 19.4. The van der Waals surface area contributed by atoms with Gasteiger partial charge in [-0.15, -0.1) is 0 Å². The molecule has 37 heavy (non-hydrogen) atoms. The van der Waals surface area contributed by atoms with E-state index in [1.165, 1.54) is 31.0 Å². The van der Waals surface area contributed by atoms with Gasteiger partial charge in [0.2, 0.25) is 0 Å². The van der Waals surface area contributed by atoms with E-state index in [2.05, 4.69) is 15.3 Å². The minimum absolute atomic E-state index is 0.0416. The van der Waals surface area contributed by atoms with Crippen LogP contribution in [-0.2, 0) is 17.4 Å². The molecular weight excluding hydrogens is 505 g/mol. The van der Waals surface area contributed by atoms with Crippen LogP contribution < -0.4 is 14.8 Å². The number of nitriles is 1. The fraction of sp³-hybridized carbons (Fsp3) is 0.154. The van der Waals surface area contributed by atoms with Gasteiger partial charge >= 0.3 is 6.18 Å². The lowest BCUT2D eigenvalue weighted by Gasteiger charge is -2.16. The molecule has 0 radical (unpaired) electrons. The molecule has 11 heteroatoms. The Bertz CT molecular complexity index is 1420. The summed E-state index contributed by atoms with van der Waals surface area (Å²) in [5, 5.41) is 12.6. The minimum atomic E-state index is -4.72. The molecule has 1 aliphatic rings. The Hall–Kier alpha value is -4.30. The van der Waals surface area contributed by atoms with Gasteiger partial charge in [0.15, 0.2) is 16.7 Å². The van der Waals surface area contributed by atoms with Crippen LogP contribution in [0, 0.1) is 11.3 Å². The minimum Gasteiger partial charge on any atom is -0.493 e. The van der Waals surface area contributed by atoms with Crippen molar-refractivity contribution in [1.82, 2.24) is 10.3 Å². The van der Waals surface area contributed by atoms with Gasteiger partial charge in [-0.3, -0.25) is 9.78 Å². The van der Waals surface area contributed by atoms with Crippen LogP contribution in [0.1, 0.15) is 22.3 Å². The number of ether oxygens (including phenoxy) is 2. The summed E-state index contributed by atoms with van der Waals surface area (Å²) in [6.45, 7) is 0.589. The van der Waals surface area contributed by atoms with Crippen LogP contribution >= 0.6 is 11.8 Å². The molecule has 0 aliphatic carbocycles. The number of aromatic nitrogens is 1. The van der Waals surface area contributed by atoms with Gasteiger partial charge in [0.25, 0.3) is 5.91 Å². The number of methoxy groups -OCH3 is 1. The third-order valence-electron chi connectivity index (χ3n) is 5.18. The Morgan fingerprint density at radius 2 is 1.84 bits per heavy atom. The standard InChI is InChI=1S/C26H19F3N4O3S/c1-35-22-13-17(2-5-21(22)36-20-4-3-18(15-30)12-19(20)26(27,28)29)14-23-24(34)33-25(37-23)32-11-8-16-6-9-31-10-7-16/h2-7,9-10,12-14H,8,11H2,1H3,(H,32,33,34). The molecule has 7 nitrogen and oxygen atoms in total. The summed E-state index contributed by atoms with van der Waals surface area (Å²) >= 11 is 1.19. The average Bonchev–Trinajstić information content (AvgIpc) is 3.23. The Labute approximate surface area is 214 Å². The van der Waals surface area contributed by atoms with Crippen molar-refractivity contribution in [2.75, 3.05) is 13.7 Å². The summed E-state index contributed by atoms with van der Waals surface area (Å²) in [4.78, 5) is 20.7. The van der Waals surface area contributed by atoms with Crippen LogP contribution in [0.2, 0.25) is 0 Å². The molecule has 188 valence electrons. The van der Waals surface area contributed by atoms with Crippen molar-refractivity contribution in [2.24, 2.45) is 4.99 Å². The normalized spacial score (nSPS) is 14.3. The quantitative estimate of drug-likeness (QED) is 0.403. The first kappa shape index (κ1) is 25.8. The molecule has 2 aromatic carbocycles. The molecule has 4 rings (SSSR count). The molecule has 1 aliphatic heterocycles. The van der Waals surface area contributed by atoms with Gasteiger partial charge in [0, 0.05) is 18.9 Å². The monoisotopic (exact) mass is 524 g/mol. The van der Waals surface area contributed by atoms with E-state index in [0.29, 0.717) is 22.2 Å². The van der Waals surface area contributed by atoms with Crippen LogP contribution in [0.15, 0.2) is 70.8 Å². The third-order valence-corrected chi connectivity index (χ3v) is 6.12. The summed E-state index contributed by atoms with van der Waals surface area (Å²) < 4.78 is 51.3. The fourth-order valence-electron chi connectivity index (χ4n) is 3.39. The number of hydrogen-bond donors (Lipinski definition) is 1. The molecule has 0 unspecified atom stereocenters. The number of aliphatic imine (C=N–C) groups is 1. The van der Waals surface area contributed by atoms with Gasteiger partial charge in [-0.05, 0) is 77.9 Å². The smallest absolute Gasteiger partial charge is 0.420 e. The molecule has 0 fully saturated rings. The van der Waals surface area contributed by atoms with E-state index in [1.807, 2.05) is 12.1 Å². The Morgan fingerprint density at radius 1 is 1.08 bits per heavy atom. The number of carbonyl (C=O) groups excluding carboxylic acids is 1. The van der Waals surface area contributed by atoms with Gasteiger partial charge in [-0.1, -0.05) is 6.07 Å². The lowest BCUT2D eigenvalue weighted by atomic mass is 10.1. The zero-order chi connectivity index (χ0) is 26.4. The Balaban J connectivity index is 1.47.